The number of rotatable bonds is 0. The molecule has 0 spiro atoms. The van der Waals surface area contributed by atoms with Crippen molar-refractivity contribution in [3.63, 3.8) is 0 Å². The molecule has 0 radical (unpaired) electrons. The van der Waals surface area contributed by atoms with Crippen molar-refractivity contribution in [1.29, 1.82) is 0 Å². The maximum absolute atomic E-state index is 2.32. The van der Waals surface area contributed by atoms with Gasteiger partial charge in [0.05, 0.1) is 0 Å². The quantitative estimate of drug-likeness (QED) is 0.557. The van der Waals surface area contributed by atoms with Crippen LogP contribution in [0.3, 0.4) is 0 Å². The van der Waals surface area contributed by atoms with Crippen LogP contribution in [-0.4, -0.2) is 0 Å². The standard InChI is InChI=1S/C13H12/c1-2-6-11-9-10(5-1)12-7-3-4-8-13(11)12/h1-8,10-11H,9H2. The second kappa shape index (κ2) is 2.59. The lowest BCUT2D eigenvalue weighted by Gasteiger charge is -2.05. The van der Waals surface area contributed by atoms with Gasteiger partial charge in [0.15, 0.2) is 0 Å². The zero-order chi connectivity index (χ0) is 8.67. The highest BCUT2D eigenvalue weighted by Gasteiger charge is 2.27. The van der Waals surface area contributed by atoms with Gasteiger partial charge >= 0.3 is 0 Å². The van der Waals surface area contributed by atoms with Crippen LogP contribution in [0.25, 0.3) is 0 Å². The van der Waals surface area contributed by atoms with Crippen LogP contribution >= 0.6 is 0 Å². The number of allylic oxidation sites excluding steroid dienone is 4. The predicted octanol–water partition coefficient (Wildman–Crippen LogP) is 3.38. The molecule has 1 aromatic carbocycles. The van der Waals surface area contributed by atoms with Crippen LogP contribution in [0.15, 0.2) is 48.6 Å². The summed E-state index contributed by atoms with van der Waals surface area (Å²) in [7, 11) is 0. The van der Waals surface area contributed by atoms with Crippen molar-refractivity contribution in [3.05, 3.63) is 59.7 Å². The van der Waals surface area contributed by atoms with Gasteiger partial charge in [-0.3, -0.25) is 0 Å². The highest BCUT2D eigenvalue weighted by molar-refractivity contribution is 5.45. The summed E-state index contributed by atoms with van der Waals surface area (Å²) in [5, 5.41) is 0. The van der Waals surface area contributed by atoms with Crippen molar-refractivity contribution in [2.24, 2.45) is 0 Å². The minimum absolute atomic E-state index is 0.663. The number of benzene rings is 1. The van der Waals surface area contributed by atoms with E-state index in [4.69, 9.17) is 0 Å². The summed E-state index contributed by atoms with van der Waals surface area (Å²) < 4.78 is 0. The fraction of sp³-hybridized carbons (Fsp3) is 0.231. The van der Waals surface area contributed by atoms with E-state index in [-0.39, 0.29) is 0 Å². The van der Waals surface area contributed by atoms with Gasteiger partial charge < -0.3 is 0 Å². The van der Waals surface area contributed by atoms with Crippen molar-refractivity contribution in [3.8, 4) is 0 Å². The molecule has 2 aliphatic carbocycles. The molecule has 2 aliphatic rings. The van der Waals surface area contributed by atoms with Crippen LogP contribution in [0.2, 0.25) is 0 Å². The van der Waals surface area contributed by atoms with Crippen molar-refractivity contribution < 1.29 is 0 Å². The van der Waals surface area contributed by atoms with Crippen molar-refractivity contribution in [2.45, 2.75) is 18.3 Å². The van der Waals surface area contributed by atoms with E-state index in [0.717, 1.165) is 0 Å². The summed E-state index contributed by atoms with van der Waals surface area (Å²) >= 11 is 0. The van der Waals surface area contributed by atoms with E-state index >= 15 is 0 Å². The highest BCUT2D eigenvalue weighted by atomic mass is 14.3. The van der Waals surface area contributed by atoms with E-state index in [1.807, 2.05) is 0 Å². The first kappa shape index (κ1) is 7.14. The average molecular weight is 168 g/mol. The lowest BCUT2D eigenvalue weighted by Crippen LogP contribution is -1.87. The Morgan fingerprint density at radius 3 is 1.92 bits per heavy atom. The molecule has 13 heavy (non-hydrogen) atoms. The molecule has 0 aliphatic heterocycles. The third-order valence-corrected chi connectivity index (χ3v) is 3.10. The largest absolute Gasteiger partial charge is 0.0770 e. The van der Waals surface area contributed by atoms with E-state index in [2.05, 4.69) is 48.6 Å². The third-order valence-electron chi connectivity index (χ3n) is 3.10. The Morgan fingerprint density at radius 2 is 1.38 bits per heavy atom. The summed E-state index contributed by atoms with van der Waals surface area (Å²) in [6, 6.07) is 8.83. The normalized spacial score (nSPS) is 28.6. The van der Waals surface area contributed by atoms with Crippen LogP contribution in [0.5, 0.6) is 0 Å². The number of hydrogen-bond donors (Lipinski definition) is 0. The monoisotopic (exact) mass is 168 g/mol. The van der Waals surface area contributed by atoms with Crippen LogP contribution < -0.4 is 0 Å². The molecule has 0 aromatic heterocycles. The van der Waals surface area contributed by atoms with E-state index in [1.54, 1.807) is 0 Å². The molecule has 2 bridgehead atoms. The van der Waals surface area contributed by atoms with Gasteiger partial charge in [0, 0.05) is 11.8 Å². The van der Waals surface area contributed by atoms with Gasteiger partial charge in [-0.05, 0) is 17.5 Å². The van der Waals surface area contributed by atoms with Gasteiger partial charge in [-0.1, -0.05) is 48.6 Å². The summed E-state index contributed by atoms with van der Waals surface area (Å²) in [6.45, 7) is 0. The molecular weight excluding hydrogens is 156 g/mol. The molecule has 2 unspecified atom stereocenters. The topological polar surface area (TPSA) is 0 Å². The Balaban J connectivity index is 2.21. The van der Waals surface area contributed by atoms with Crippen LogP contribution in [-0.2, 0) is 0 Å². The van der Waals surface area contributed by atoms with Gasteiger partial charge in [-0.15, -0.1) is 0 Å². The van der Waals surface area contributed by atoms with E-state index in [0.29, 0.717) is 11.8 Å². The fourth-order valence-electron chi connectivity index (χ4n) is 2.47. The van der Waals surface area contributed by atoms with Gasteiger partial charge in [-0.25, -0.2) is 0 Å². The minimum Gasteiger partial charge on any atom is -0.0770 e. The molecule has 0 heterocycles. The van der Waals surface area contributed by atoms with Crippen LogP contribution in [0.4, 0.5) is 0 Å². The molecule has 0 heteroatoms. The predicted molar refractivity (Wildman–Crippen MR) is 54.8 cm³/mol. The fourth-order valence-corrected chi connectivity index (χ4v) is 2.47. The molecular formula is C13H12. The second-order valence-electron chi connectivity index (χ2n) is 3.85. The lowest BCUT2D eigenvalue weighted by atomic mass is 10.00. The Morgan fingerprint density at radius 1 is 0.846 bits per heavy atom. The molecule has 0 saturated heterocycles. The smallest absolute Gasteiger partial charge is 0.00328 e. The first-order valence-electron chi connectivity index (χ1n) is 4.89. The molecule has 1 aromatic rings. The van der Waals surface area contributed by atoms with Crippen LogP contribution in [0, 0.1) is 0 Å². The van der Waals surface area contributed by atoms with E-state index in [9.17, 15) is 0 Å². The Labute approximate surface area is 78.6 Å². The first-order valence-corrected chi connectivity index (χ1v) is 4.89. The molecule has 0 fully saturated rings. The van der Waals surface area contributed by atoms with E-state index in [1.165, 1.54) is 17.5 Å². The molecule has 2 atom stereocenters. The maximum atomic E-state index is 2.32. The zero-order valence-electron chi connectivity index (χ0n) is 7.48. The first-order chi connectivity index (χ1) is 6.45. The molecule has 64 valence electrons. The zero-order valence-corrected chi connectivity index (χ0v) is 7.48. The van der Waals surface area contributed by atoms with E-state index < -0.39 is 0 Å². The average Bonchev–Trinajstić information content (AvgIpc) is 2.35. The Hall–Kier alpha value is -1.30. The Kier molecular flexibility index (Phi) is 1.42. The van der Waals surface area contributed by atoms with Gasteiger partial charge in [0.25, 0.3) is 0 Å². The number of hydrogen-bond acceptors (Lipinski definition) is 0. The summed E-state index contributed by atoms with van der Waals surface area (Å²) in [5.41, 5.74) is 3.07. The maximum Gasteiger partial charge on any atom is 0.00328 e. The van der Waals surface area contributed by atoms with Crippen molar-refractivity contribution >= 4 is 0 Å². The van der Waals surface area contributed by atoms with Gasteiger partial charge in [0.2, 0.25) is 0 Å². The lowest BCUT2D eigenvalue weighted by molar-refractivity contribution is 0.755. The summed E-state index contributed by atoms with van der Waals surface area (Å²) in [4.78, 5) is 0. The van der Waals surface area contributed by atoms with Crippen molar-refractivity contribution in [2.75, 3.05) is 0 Å². The molecule has 0 nitrogen and oxygen atoms in total. The minimum atomic E-state index is 0.663. The van der Waals surface area contributed by atoms with Crippen molar-refractivity contribution in [1.82, 2.24) is 0 Å². The SMILES string of the molecule is C1=CC2CC(C=C1)c1ccccc12. The molecule has 0 amide bonds. The molecule has 0 N–H and O–H groups in total. The second-order valence-corrected chi connectivity index (χ2v) is 3.85. The summed E-state index contributed by atoms with van der Waals surface area (Å²) in [6.07, 6.45) is 10.3. The molecule has 3 rings (SSSR count). The highest BCUT2D eigenvalue weighted by Crippen LogP contribution is 2.44. The van der Waals surface area contributed by atoms with Gasteiger partial charge in [-0.2, -0.15) is 0 Å². The Bertz CT molecular complexity index is 348. The number of fused-ring (bicyclic) bond motifs is 5. The summed E-state index contributed by atoms with van der Waals surface area (Å²) in [5.74, 6) is 1.33. The third kappa shape index (κ3) is 0.983. The van der Waals surface area contributed by atoms with Crippen LogP contribution in [0.1, 0.15) is 29.4 Å². The molecule has 0 saturated carbocycles. The van der Waals surface area contributed by atoms with Gasteiger partial charge in [0.1, 0.15) is 0 Å².